The van der Waals surface area contributed by atoms with E-state index in [1.807, 2.05) is 0 Å². The van der Waals surface area contributed by atoms with Gasteiger partial charge in [0.1, 0.15) is 13.2 Å². The first-order valence-corrected chi connectivity index (χ1v) is 5.64. The van der Waals surface area contributed by atoms with Crippen molar-refractivity contribution < 1.29 is 23.0 Å². The van der Waals surface area contributed by atoms with Gasteiger partial charge in [-0.15, -0.1) is 0 Å². The van der Waals surface area contributed by atoms with E-state index >= 15 is 0 Å². The largest absolute Gasteiger partial charge is 0.493 e. The van der Waals surface area contributed by atoms with Crippen molar-refractivity contribution in [2.45, 2.75) is 12.3 Å². The van der Waals surface area contributed by atoms with Gasteiger partial charge in [0.2, 0.25) is 5.75 Å². The van der Waals surface area contributed by atoms with E-state index in [1.54, 1.807) is 0 Å². The molecule has 0 saturated heterocycles. The fourth-order valence-electron chi connectivity index (χ4n) is 1.81. The van der Waals surface area contributed by atoms with Gasteiger partial charge in [0.05, 0.1) is 7.11 Å². The highest BCUT2D eigenvalue weighted by molar-refractivity contribution is 5.55. The van der Waals surface area contributed by atoms with Crippen LogP contribution >= 0.6 is 0 Å². The van der Waals surface area contributed by atoms with E-state index in [9.17, 15) is 8.78 Å². The van der Waals surface area contributed by atoms with Crippen LogP contribution in [-0.2, 0) is 5.92 Å². The zero-order chi connectivity index (χ0) is 13.2. The average Bonchev–Trinajstić information content (AvgIpc) is 2.37. The monoisotopic (exact) mass is 259 g/mol. The predicted molar refractivity (Wildman–Crippen MR) is 61.5 cm³/mol. The van der Waals surface area contributed by atoms with E-state index in [2.05, 4.69) is 0 Å². The summed E-state index contributed by atoms with van der Waals surface area (Å²) in [6, 6.07) is 2.55. The molecule has 0 saturated carbocycles. The van der Waals surface area contributed by atoms with Gasteiger partial charge in [0.15, 0.2) is 11.5 Å². The van der Waals surface area contributed by atoms with Crippen molar-refractivity contribution in [1.82, 2.24) is 0 Å². The Labute approximate surface area is 104 Å². The van der Waals surface area contributed by atoms with Crippen molar-refractivity contribution in [3.63, 3.8) is 0 Å². The number of alkyl halides is 2. The Balaban J connectivity index is 2.44. The molecule has 1 aromatic rings. The minimum Gasteiger partial charge on any atom is -0.493 e. The first-order valence-electron chi connectivity index (χ1n) is 5.64. The molecule has 0 aromatic heterocycles. The van der Waals surface area contributed by atoms with Crippen LogP contribution in [0.5, 0.6) is 17.2 Å². The fraction of sp³-hybridized carbons (Fsp3) is 0.500. The summed E-state index contributed by atoms with van der Waals surface area (Å²) in [7, 11) is 1.40. The van der Waals surface area contributed by atoms with Crippen LogP contribution in [0.2, 0.25) is 0 Å². The second-order valence-electron chi connectivity index (χ2n) is 3.95. The van der Waals surface area contributed by atoms with E-state index in [-0.39, 0.29) is 23.6 Å². The van der Waals surface area contributed by atoms with E-state index in [0.29, 0.717) is 19.0 Å². The number of hydrogen-bond donors (Lipinski definition) is 1. The van der Waals surface area contributed by atoms with Crippen LogP contribution < -0.4 is 19.9 Å². The molecule has 0 bridgehead atoms. The number of nitrogens with two attached hydrogens (primary N) is 1. The van der Waals surface area contributed by atoms with Crippen LogP contribution in [0.1, 0.15) is 12.0 Å². The number of hydrogen-bond acceptors (Lipinski definition) is 4. The lowest BCUT2D eigenvalue weighted by Gasteiger charge is -2.23. The summed E-state index contributed by atoms with van der Waals surface area (Å²) >= 11 is 0. The molecule has 4 nitrogen and oxygen atoms in total. The molecule has 100 valence electrons. The summed E-state index contributed by atoms with van der Waals surface area (Å²) in [5.41, 5.74) is 5.02. The predicted octanol–water partition coefficient (Wildman–Crippen LogP) is 1.91. The zero-order valence-electron chi connectivity index (χ0n) is 10.0. The van der Waals surface area contributed by atoms with E-state index in [0.717, 1.165) is 0 Å². The van der Waals surface area contributed by atoms with Gasteiger partial charge in [-0.05, 0) is 18.7 Å². The molecule has 0 aliphatic carbocycles. The van der Waals surface area contributed by atoms with Crippen molar-refractivity contribution in [2.75, 3.05) is 26.9 Å². The van der Waals surface area contributed by atoms with Crippen LogP contribution in [0.3, 0.4) is 0 Å². The van der Waals surface area contributed by atoms with Crippen LogP contribution in [0.4, 0.5) is 8.78 Å². The number of halogens is 2. The van der Waals surface area contributed by atoms with E-state index in [4.69, 9.17) is 19.9 Å². The number of benzene rings is 1. The molecule has 0 unspecified atom stereocenters. The van der Waals surface area contributed by atoms with E-state index < -0.39 is 12.3 Å². The molecule has 18 heavy (non-hydrogen) atoms. The van der Waals surface area contributed by atoms with Gasteiger partial charge in [0, 0.05) is 12.0 Å². The third kappa shape index (κ3) is 2.33. The van der Waals surface area contributed by atoms with Crippen molar-refractivity contribution in [3.8, 4) is 17.2 Å². The molecule has 0 fully saturated rings. The molecule has 1 aliphatic heterocycles. The van der Waals surface area contributed by atoms with Gasteiger partial charge in [-0.25, -0.2) is 8.78 Å². The Kier molecular flexibility index (Phi) is 3.56. The third-order valence-electron chi connectivity index (χ3n) is 2.71. The van der Waals surface area contributed by atoms with Gasteiger partial charge in [-0.2, -0.15) is 0 Å². The lowest BCUT2D eigenvalue weighted by atomic mass is 10.0. The summed E-state index contributed by atoms with van der Waals surface area (Å²) in [5, 5.41) is 0. The van der Waals surface area contributed by atoms with Gasteiger partial charge in [-0.1, -0.05) is 0 Å². The maximum absolute atomic E-state index is 13.8. The number of rotatable bonds is 4. The Morgan fingerprint density at radius 2 is 2.06 bits per heavy atom. The quantitative estimate of drug-likeness (QED) is 0.897. The lowest BCUT2D eigenvalue weighted by Crippen LogP contribution is -2.21. The van der Waals surface area contributed by atoms with Crippen LogP contribution in [-0.4, -0.2) is 26.9 Å². The number of ether oxygens (including phenoxy) is 3. The summed E-state index contributed by atoms with van der Waals surface area (Å²) in [6.07, 6.45) is -0.421. The Bertz CT molecular complexity index is 420. The van der Waals surface area contributed by atoms with Gasteiger partial charge in [0.25, 0.3) is 5.92 Å². The highest BCUT2D eigenvalue weighted by Gasteiger charge is 2.33. The molecule has 2 N–H and O–H groups in total. The molecule has 1 aliphatic rings. The molecule has 2 rings (SSSR count). The lowest BCUT2D eigenvalue weighted by molar-refractivity contribution is -0.0113. The van der Waals surface area contributed by atoms with Crippen molar-refractivity contribution >= 4 is 0 Å². The topological polar surface area (TPSA) is 53.7 Å². The molecule has 6 heteroatoms. The SMILES string of the molecule is COc1cc(C(F)(F)CCN)cc2c1OCCO2. The third-order valence-corrected chi connectivity index (χ3v) is 2.71. The normalized spacial score (nSPS) is 14.4. The molecule has 0 radical (unpaired) electrons. The minimum absolute atomic E-state index is 0.0935. The highest BCUT2D eigenvalue weighted by Crippen LogP contribution is 2.44. The first-order chi connectivity index (χ1) is 8.58. The zero-order valence-corrected chi connectivity index (χ0v) is 10.0. The second kappa shape index (κ2) is 4.97. The average molecular weight is 259 g/mol. The minimum atomic E-state index is -3.00. The van der Waals surface area contributed by atoms with Crippen molar-refractivity contribution in [3.05, 3.63) is 17.7 Å². The Hall–Kier alpha value is -1.56. The van der Waals surface area contributed by atoms with Crippen molar-refractivity contribution in [1.29, 1.82) is 0 Å². The fourth-order valence-corrected chi connectivity index (χ4v) is 1.81. The van der Waals surface area contributed by atoms with Gasteiger partial charge < -0.3 is 19.9 Å². The first kappa shape index (κ1) is 12.9. The van der Waals surface area contributed by atoms with Crippen molar-refractivity contribution in [2.24, 2.45) is 5.73 Å². The Morgan fingerprint density at radius 1 is 1.33 bits per heavy atom. The molecule has 0 spiro atoms. The maximum atomic E-state index is 13.8. The molecule has 0 atom stereocenters. The summed E-state index contributed by atoms with van der Waals surface area (Å²) in [6.45, 7) is 0.619. The second-order valence-corrected chi connectivity index (χ2v) is 3.95. The number of fused-ring (bicyclic) bond motifs is 1. The summed E-state index contributed by atoms with van der Waals surface area (Å²) < 4.78 is 43.3. The highest BCUT2D eigenvalue weighted by atomic mass is 19.3. The molecule has 1 aromatic carbocycles. The molecule has 1 heterocycles. The molecule has 0 amide bonds. The summed E-state index contributed by atoms with van der Waals surface area (Å²) in [5.74, 6) is -2.10. The van der Waals surface area contributed by atoms with Gasteiger partial charge >= 0.3 is 0 Å². The van der Waals surface area contributed by atoms with Crippen LogP contribution in [0, 0.1) is 0 Å². The van der Waals surface area contributed by atoms with Crippen LogP contribution in [0.15, 0.2) is 12.1 Å². The maximum Gasteiger partial charge on any atom is 0.274 e. The smallest absolute Gasteiger partial charge is 0.274 e. The standard InChI is InChI=1S/C12H15F2NO3/c1-16-9-6-8(12(13,14)2-3-15)7-10-11(9)18-5-4-17-10/h6-7H,2-5,15H2,1H3. The Morgan fingerprint density at radius 3 is 2.72 bits per heavy atom. The molecular weight excluding hydrogens is 244 g/mol. The van der Waals surface area contributed by atoms with E-state index in [1.165, 1.54) is 19.2 Å². The molecular formula is C12H15F2NO3. The summed E-state index contributed by atoms with van der Waals surface area (Å²) in [4.78, 5) is 0. The number of methoxy groups -OCH3 is 1. The van der Waals surface area contributed by atoms with Crippen LogP contribution in [0.25, 0.3) is 0 Å². The van der Waals surface area contributed by atoms with Gasteiger partial charge in [-0.3, -0.25) is 0 Å².